The first-order chi connectivity index (χ1) is 10.1. The van der Waals surface area contributed by atoms with Crippen LogP contribution in [0.4, 0.5) is 0 Å². The van der Waals surface area contributed by atoms with Gasteiger partial charge in [-0.15, -0.1) is 0 Å². The summed E-state index contributed by atoms with van der Waals surface area (Å²) in [6.07, 6.45) is 0.988. The summed E-state index contributed by atoms with van der Waals surface area (Å²) in [6.45, 7) is 1.55. The number of aromatic hydroxyl groups is 2. The number of nitrogens with one attached hydrogen (secondary N) is 1. The average Bonchev–Trinajstić information content (AvgIpc) is 2.49. The molecule has 2 aromatic carbocycles. The van der Waals surface area contributed by atoms with Crippen molar-refractivity contribution >= 4 is 0 Å². The van der Waals surface area contributed by atoms with E-state index in [1.807, 2.05) is 12.1 Å². The summed E-state index contributed by atoms with van der Waals surface area (Å²) in [5, 5.41) is 31.7. The monoisotopic (exact) mass is 287 g/mol. The van der Waals surface area contributed by atoms with Crippen molar-refractivity contribution in [1.82, 2.24) is 5.32 Å². The van der Waals surface area contributed by atoms with Crippen LogP contribution in [-0.2, 0) is 6.42 Å². The van der Waals surface area contributed by atoms with E-state index in [0.29, 0.717) is 6.42 Å². The fraction of sp³-hybridized carbons (Fsp3) is 0.294. The maximum atomic E-state index is 10.0. The molecule has 0 bridgehead atoms. The van der Waals surface area contributed by atoms with E-state index < -0.39 is 6.10 Å². The number of hydrogen-bond donors (Lipinski definition) is 4. The van der Waals surface area contributed by atoms with E-state index in [4.69, 9.17) is 0 Å². The highest BCUT2D eigenvalue weighted by Gasteiger charge is 2.06. The van der Waals surface area contributed by atoms with Crippen molar-refractivity contribution in [1.29, 1.82) is 0 Å². The van der Waals surface area contributed by atoms with E-state index >= 15 is 0 Å². The Balaban J connectivity index is 1.65. The maximum Gasteiger partial charge on any atom is 0.115 e. The molecule has 0 spiro atoms. The predicted molar refractivity (Wildman–Crippen MR) is 82.4 cm³/mol. The van der Waals surface area contributed by atoms with Crippen molar-refractivity contribution in [3.63, 3.8) is 0 Å². The fourth-order valence-electron chi connectivity index (χ4n) is 2.12. The zero-order valence-electron chi connectivity index (χ0n) is 11.9. The summed E-state index contributed by atoms with van der Waals surface area (Å²) >= 11 is 0. The highest BCUT2D eigenvalue weighted by molar-refractivity contribution is 5.27. The minimum Gasteiger partial charge on any atom is -0.508 e. The average molecular weight is 287 g/mol. The van der Waals surface area contributed by atoms with Crippen LogP contribution in [0, 0.1) is 0 Å². The molecule has 4 nitrogen and oxygen atoms in total. The first kappa shape index (κ1) is 15.4. The molecule has 0 radical (unpaired) electrons. The molecular formula is C17H21NO3. The van der Waals surface area contributed by atoms with Gasteiger partial charge in [-0.2, -0.15) is 0 Å². The first-order valence-corrected chi connectivity index (χ1v) is 7.11. The Morgan fingerprint density at radius 3 is 2.00 bits per heavy atom. The number of aliphatic hydroxyl groups is 1. The van der Waals surface area contributed by atoms with Crippen molar-refractivity contribution in [3.8, 4) is 11.5 Å². The number of phenols is 2. The van der Waals surface area contributed by atoms with Gasteiger partial charge in [0.05, 0.1) is 6.10 Å². The van der Waals surface area contributed by atoms with Crippen molar-refractivity contribution in [2.24, 2.45) is 0 Å². The summed E-state index contributed by atoms with van der Waals surface area (Å²) in [5.41, 5.74) is 1.98. The van der Waals surface area contributed by atoms with Gasteiger partial charge in [-0.05, 0) is 61.3 Å². The van der Waals surface area contributed by atoms with E-state index in [1.165, 1.54) is 5.56 Å². The molecule has 0 saturated heterocycles. The molecule has 4 heteroatoms. The Hall–Kier alpha value is -2.04. The molecule has 0 aliphatic rings. The number of benzene rings is 2. The second-order valence-corrected chi connectivity index (χ2v) is 5.06. The third-order valence-corrected chi connectivity index (χ3v) is 3.40. The molecule has 0 aliphatic heterocycles. The fourth-order valence-corrected chi connectivity index (χ4v) is 2.12. The summed E-state index contributed by atoms with van der Waals surface area (Å²) in [4.78, 5) is 0. The molecular weight excluding hydrogens is 266 g/mol. The Labute approximate surface area is 124 Å². The number of rotatable bonds is 7. The van der Waals surface area contributed by atoms with Crippen LogP contribution in [-0.4, -0.2) is 28.4 Å². The van der Waals surface area contributed by atoms with Crippen LogP contribution < -0.4 is 5.32 Å². The minimum atomic E-state index is -0.522. The molecule has 21 heavy (non-hydrogen) atoms. The van der Waals surface area contributed by atoms with Crippen LogP contribution in [0.15, 0.2) is 48.5 Å². The SMILES string of the molecule is Oc1ccc(CCNCC[C@@H](O)c2ccc(O)cc2)cc1. The van der Waals surface area contributed by atoms with Gasteiger partial charge in [0.1, 0.15) is 11.5 Å². The van der Waals surface area contributed by atoms with Crippen LogP contribution in [0.3, 0.4) is 0 Å². The second kappa shape index (κ2) is 7.67. The smallest absolute Gasteiger partial charge is 0.115 e. The Morgan fingerprint density at radius 1 is 0.810 bits per heavy atom. The minimum absolute atomic E-state index is 0.206. The molecule has 112 valence electrons. The van der Waals surface area contributed by atoms with Crippen molar-refractivity contribution in [2.75, 3.05) is 13.1 Å². The van der Waals surface area contributed by atoms with E-state index in [1.54, 1.807) is 36.4 Å². The van der Waals surface area contributed by atoms with E-state index in [-0.39, 0.29) is 11.5 Å². The topological polar surface area (TPSA) is 72.7 Å². The zero-order valence-corrected chi connectivity index (χ0v) is 11.9. The lowest BCUT2D eigenvalue weighted by molar-refractivity contribution is 0.167. The summed E-state index contributed by atoms with van der Waals surface area (Å²) in [5.74, 6) is 0.488. The molecule has 0 aliphatic carbocycles. The molecule has 0 unspecified atom stereocenters. The zero-order chi connectivity index (χ0) is 15.1. The predicted octanol–water partition coefficient (Wildman–Crippen LogP) is 2.35. The van der Waals surface area contributed by atoms with Gasteiger partial charge < -0.3 is 20.6 Å². The Morgan fingerprint density at radius 2 is 1.38 bits per heavy atom. The first-order valence-electron chi connectivity index (χ1n) is 7.11. The quantitative estimate of drug-likeness (QED) is 0.590. The van der Waals surface area contributed by atoms with Crippen molar-refractivity contribution in [2.45, 2.75) is 18.9 Å². The molecule has 0 aromatic heterocycles. The normalized spacial score (nSPS) is 12.2. The van der Waals surface area contributed by atoms with Gasteiger partial charge in [0.15, 0.2) is 0 Å². The van der Waals surface area contributed by atoms with Crippen molar-refractivity contribution < 1.29 is 15.3 Å². The maximum absolute atomic E-state index is 10.0. The highest BCUT2D eigenvalue weighted by atomic mass is 16.3. The lowest BCUT2D eigenvalue weighted by Crippen LogP contribution is -2.20. The van der Waals surface area contributed by atoms with Gasteiger partial charge in [0, 0.05) is 0 Å². The molecule has 1 atom stereocenters. The van der Waals surface area contributed by atoms with Crippen LogP contribution >= 0.6 is 0 Å². The number of phenolic OH excluding ortho intramolecular Hbond substituents is 2. The van der Waals surface area contributed by atoms with E-state index in [9.17, 15) is 15.3 Å². The Bertz CT molecular complexity index is 537. The van der Waals surface area contributed by atoms with Crippen molar-refractivity contribution in [3.05, 3.63) is 59.7 Å². The molecule has 2 aromatic rings. The third kappa shape index (κ3) is 5.10. The summed E-state index contributed by atoms with van der Waals surface area (Å²) in [6, 6.07) is 13.8. The lowest BCUT2D eigenvalue weighted by atomic mass is 10.1. The van der Waals surface area contributed by atoms with Crippen LogP contribution in [0.1, 0.15) is 23.7 Å². The summed E-state index contributed by atoms with van der Waals surface area (Å²) < 4.78 is 0. The number of hydrogen-bond acceptors (Lipinski definition) is 4. The molecule has 0 saturated carbocycles. The van der Waals surface area contributed by atoms with E-state index in [0.717, 1.165) is 25.1 Å². The molecule has 0 heterocycles. The van der Waals surface area contributed by atoms with Crippen LogP contribution in [0.25, 0.3) is 0 Å². The molecule has 2 rings (SSSR count). The van der Waals surface area contributed by atoms with Gasteiger partial charge in [-0.25, -0.2) is 0 Å². The van der Waals surface area contributed by atoms with E-state index in [2.05, 4.69) is 5.32 Å². The lowest BCUT2D eigenvalue weighted by Gasteiger charge is -2.12. The van der Waals surface area contributed by atoms with Crippen LogP contribution in [0.5, 0.6) is 11.5 Å². The van der Waals surface area contributed by atoms with Gasteiger partial charge in [-0.3, -0.25) is 0 Å². The van der Waals surface area contributed by atoms with Gasteiger partial charge >= 0.3 is 0 Å². The second-order valence-electron chi connectivity index (χ2n) is 5.06. The highest BCUT2D eigenvalue weighted by Crippen LogP contribution is 2.18. The number of aliphatic hydroxyl groups excluding tert-OH is 1. The molecule has 4 N–H and O–H groups in total. The third-order valence-electron chi connectivity index (χ3n) is 3.40. The molecule has 0 fully saturated rings. The Kier molecular flexibility index (Phi) is 5.60. The summed E-state index contributed by atoms with van der Waals surface area (Å²) in [7, 11) is 0. The van der Waals surface area contributed by atoms with Gasteiger partial charge in [0.2, 0.25) is 0 Å². The largest absolute Gasteiger partial charge is 0.508 e. The van der Waals surface area contributed by atoms with Crippen LogP contribution in [0.2, 0.25) is 0 Å². The van der Waals surface area contributed by atoms with Gasteiger partial charge in [0.25, 0.3) is 0 Å². The standard InChI is InChI=1S/C17H21NO3/c19-15-5-1-13(2-6-15)9-11-18-12-10-17(21)14-3-7-16(20)8-4-14/h1-8,17-21H,9-12H2/t17-/m1/s1. The molecule has 0 amide bonds. The van der Waals surface area contributed by atoms with Gasteiger partial charge in [-0.1, -0.05) is 24.3 Å².